The fourth-order valence-electron chi connectivity index (χ4n) is 2.96. The first-order valence-corrected chi connectivity index (χ1v) is 8.35. The summed E-state index contributed by atoms with van der Waals surface area (Å²) >= 11 is 0. The zero-order valence-electron chi connectivity index (χ0n) is 14.9. The van der Waals surface area contributed by atoms with Crippen molar-refractivity contribution in [2.45, 2.75) is 32.6 Å². The monoisotopic (exact) mass is 324 g/mol. The summed E-state index contributed by atoms with van der Waals surface area (Å²) in [6, 6.07) is 11.8. The molecule has 0 fully saturated rings. The maximum Gasteiger partial charge on any atom is 0.250 e. The molecule has 0 saturated carbocycles. The Balaban J connectivity index is 2.30. The highest BCUT2D eigenvalue weighted by Crippen LogP contribution is 2.28. The van der Waals surface area contributed by atoms with Gasteiger partial charge in [0.05, 0.1) is 5.71 Å². The van der Waals surface area contributed by atoms with Crippen LogP contribution in [0, 0.1) is 5.92 Å². The van der Waals surface area contributed by atoms with Crippen LogP contribution in [0.1, 0.15) is 43.7 Å². The number of hydrogen-bond acceptors (Lipinski definition) is 3. The van der Waals surface area contributed by atoms with E-state index in [2.05, 4.69) is 51.1 Å². The number of aromatic nitrogens is 1. The van der Waals surface area contributed by atoms with Crippen molar-refractivity contribution < 1.29 is 5.21 Å². The first kappa shape index (κ1) is 18.0. The molecular weight excluding hydrogens is 299 g/mol. The largest absolute Gasteiger partial charge is 0.411 e. The van der Waals surface area contributed by atoms with Crippen molar-refractivity contribution >= 4 is 19.0 Å². The lowest BCUT2D eigenvalue weighted by Gasteiger charge is -2.20. The van der Waals surface area contributed by atoms with Crippen LogP contribution in [0.2, 0.25) is 0 Å². The van der Waals surface area contributed by atoms with Crippen LogP contribution < -0.4 is 11.0 Å². The Bertz CT molecular complexity index is 764. The first-order valence-electron chi connectivity index (χ1n) is 8.35. The van der Waals surface area contributed by atoms with Crippen LogP contribution in [0.3, 0.4) is 0 Å². The summed E-state index contributed by atoms with van der Waals surface area (Å²) in [6.07, 6.45) is 3.36. The second-order valence-electron chi connectivity index (χ2n) is 6.85. The molecule has 0 aliphatic rings. The fourth-order valence-corrected chi connectivity index (χ4v) is 2.96. The summed E-state index contributed by atoms with van der Waals surface area (Å²) in [5.41, 5.74) is 3.79. The van der Waals surface area contributed by atoms with Gasteiger partial charge in [0.15, 0.2) is 0 Å². The summed E-state index contributed by atoms with van der Waals surface area (Å²) in [5.74, 6) is 0.810. The molecule has 1 unspecified atom stereocenters. The van der Waals surface area contributed by atoms with Crippen molar-refractivity contribution in [2.75, 3.05) is 0 Å². The van der Waals surface area contributed by atoms with E-state index < -0.39 is 0 Å². The maximum absolute atomic E-state index is 11.6. The minimum absolute atomic E-state index is 0.0756. The zero-order chi connectivity index (χ0) is 17.7. The molecular formula is C19H25BN2O2. The Kier molecular flexibility index (Phi) is 6.01. The molecule has 0 aliphatic heterocycles. The molecule has 0 saturated heterocycles. The third-order valence-corrected chi connectivity index (χ3v) is 4.28. The Morgan fingerprint density at radius 2 is 1.88 bits per heavy atom. The van der Waals surface area contributed by atoms with Crippen molar-refractivity contribution in [3.63, 3.8) is 0 Å². The molecule has 5 heteroatoms. The SMILES string of the molecule is Bc1ccc(C(C/C(=N\O)c2ccc(=O)n(C)c2)CC(C)C)cc1. The van der Waals surface area contributed by atoms with Gasteiger partial charge in [0.2, 0.25) is 5.56 Å². The molecule has 2 rings (SSSR count). The molecule has 2 aromatic rings. The summed E-state index contributed by atoms with van der Waals surface area (Å²) in [5, 5.41) is 13.0. The lowest BCUT2D eigenvalue weighted by atomic mass is 9.83. The van der Waals surface area contributed by atoms with Gasteiger partial charge in [-0.3, -0.25) is 4.79 Å². The van der Waals surface area contributed by atoms with Crippen LogP contribution in [0.25, 0.3) is 0 Å². The van der Waals surface area contributed by atoms with Crippen molar-refractivity contribution in [1.82, 2.24) is 4.57 Å². The maximum atomic E-state index is 11.6. The second-order valence-corrected chi connectivity index (χ2v) is 6.85. The standard InChI is InChI=1S/C19H25BN2O2/c1-13(2)10-16(14-4-7-17(20)8-5-14)11-18(21-24)15-6-9-19(23)22(3)12-15/h4-9,12-13,16,24H,10-11,20H2,1-3H3/b21-18+. The topological polar surface area (TPSA) is 54.6 Å². The van der Waals surface area contributed by atoms with Gasteiger partial charge in [-0.25, -0.2) is 0 Å². The lowest BCUT2D eigenvalue weighted by molar-refractivity contribution is 0.317. The second kappa shape index (κ2) is 8.00. The van der Waals surface area contributed by atoms with Gasteiger partial charge >= 0.3 is 0 Å². The zero-order valence-corrected chi connectivity index (χ0v) is 14.9. The summed E-state index contributed by atoms with van der Waals surface area (Å²) in [6.45, 7) is 4.40. The van der Waals surface area contributed by atoms with E-state index >= 15 is 0 Å². The minimum Gasteiger partial charge on any atom is -0.411 e. The van der Waals surface area contributed by atoms with Gasteiger partial charge in [-0.1, -0.05) is 48.7 Å². The first-order chi connectivity index (χ1) is 11.4. The molecule has 126 valence electrons. The number of oxime groups is 1. The van der Waals surface area contributed by atoms with Gasteiger partial charge in [-0.05, 0) is 29.9 Å². The van der Waals surface area contributed by atoms with E-state index in [9.17, 15) is 10.0 Å². The van der Waals surface area contributed by atoms with Crippen LogP contribution in [0.15, 0.2) is 52.5 Å². The predicted molar refractivity (Wildman–Crippen MR) is 101 cm³/mol. The molecule has 0 amide bonds. The number of rotatable bonds is 6. The molecule has 0 aliphatic carbocycles. The van der Waals surface area contributed by atoms with Gasteiger partial charge in [0.25, 0.3) is 0 Å². The van der Waals surface area contributed by atoms with E-state index in [-0.39, 0.29) is 11.5 Å². The molecule has 4 nitrogen and oxygen atoms in total. The van der Waals surface area contributed by atoms with Crippen LogP contribution in [0.4, 0.5) is 0 Å². The highest BCUT2D eigenvalue weighted by Gasteiger charge is 2.18. The molecule has 0 spiro atoms. The highest BCUT2D eigenvalue weighted by molar-refractivity contribution is 6.32. The third kappa shape index (κ3) is 4.60. The number of hydrogen-bond donors (Lipinski definition) is 1. The average Bonchev–Trinajstić information content (AvgIpc) is 2.54. The van der Waals surface area contributed by atoms with Gasteiger partial charge in [-0.15, -0.1) is 0 Å². The molecule has 1 atom stereocenters. The molecule has 1 aromatic heterocycles. The van der Waals surface area contributed by atoms with Crippen molar-refractivity contribution in [3.05, 3.63) is 64.1 Å². The molecule has 24 heavy (non-hydrogen) atoms. The fraction of sp³-hybridized carbons (Fsp3) is 0.368. The Hall–Kier alpha value is -2.30. The van der Waals surface area contributed by atoms with Gasteiger partial charge in [0.1, 0.15) is 7.85 Å². The van der Waals surface area contributed by atoms with Gasteiger partial charge in [0, 0.05) is 31.3 Å². The van der Waals surface area contributed by atoms with Crippen LogP contribution >= 0.6 is 0 Å². The van der Waals surface area contributed by atoms with E-state index in [1.165, 1.54) is 21.7 Å². The van der Waals surface area contributed by atoms with Crippen molar-refractivity contribution in [2.24, 2.45) is 18.1 Å². The number of benzene rings is 1. The highest BCUT2D eigenvalue weighted by atomic mass is 16.4. The third-order valence-electron chi connectivity index (χ3n) is 4.28. The smallest absolute Gasteiger partial charge is 0.250 e. The molecule has 0 bridgehead atoms. The molecule has 1 N–H and O–H groups in total. The van der Waals surface area contributed by atoms with E-state index in [0.29, 0.717) is 18.1 Å². The van der Waals surface area contributed by atoms with E-state index in [4.69, 9.17) is 0 Å². The number of nitrogens with zero attached hydrogens (tertiary/aromatic N) is 2. The molecule has 1 heterocycles. The minimum atomic E-state index is -0.0756. The van der Waals surface area contributed by atoms with Crippen molar-refractivity contribution in [3.8, 4) is 0 Å². The Morgan fingerprint density at radius 3 is 2.42 bits per heavy atom. The summed E-state index contributed by atoms with van der Waals surface area (Å²) < 4.78 is 1.50. The van der Waals surface area contributed by atoms with Crippen molar-refractivity contribution in [1.29, 1.82) is 0 Å². The van der Waals surface area contributed by atoms with Crippen LogP contribution in [0.5, 0.6) is 0 Å². The van der Waals surface area contributed by atoms with E-state index in [0.717, 1.165) is 12.0 Å². The number of pyridine rings is 1. The average molecular weight is 324 g/mol. The summed E-state index contributed by atoms with van der Waals surface area (Å²) in [7, 11) is 3.78. The Labute approximate surface area is 144 Å². The molecule has 1 aromatic carbocycles. The number of aryl methyl sites for hydroxylation is 1. The van der Waals surface area contributed by atoms with E-state index in [1.807, 2.05) is 0 Å². The lowest BCUT2D eigenvalue weighted by Crippen LogP contribution is -2.18. The van der Waals surface area contributed by atoms with Gasteiger partial charge in [-0.2, -0.15) is 0 Å². The summed E-state index contributed by atoms with van der Waals surface area (Å²) in [4.78, 5) is 11.6. The Morgan fingerprint density at radius 1 is 1.21 bits per heavy atom. The normalized spacial score (nSPS) is 13.2. The van der Waals surface area contributed by atoms with Gasteiger partial charge < -0.3 is 9.77 Å². The quantitative estimate of drug-likeness (QED) is 0.383. The van der Waals surface area contributed by atoms with Crippen LogP contribution in [-0.2, 0) is 7.05 Å². The molecule has 0 radical (unpaired) electrons. The van der Waals surface area contributed by atoms with Crippen LogP contribution in [-0.4, -0.2) is 23.3 Å². The van der Waals surface area contributed by atoms with E-state index in [1.54, 1.807) is 19.3 Å². The predicted octanol–water partition coefficient (Wildman–Crippen LogP) is 2.04.